The molecule has 0 saturated heterocycles. The first kappa shape index (κ1) is 23.7. The van der Waals surface area contributed by atoms with Crippen molar-refractivity contribution in [2.24, 2.45) is 10.4 Å². The summed E-state index contributed by atoms with van der Waals surface area (Å²) in [6.07, 6.45) is 5.52. The van der Waals surface area contributed by atoms with E-state index in [9.17, 15) is 4.79 Å². The normalized spacial score (nSPS) is 11.6. The Bertz CT molecular complexity index is 330. The molecule has 0 spiro atoms. The Morgan fingerprint density at radius 2 is 1.82 bits per heavy atom. The van der Waals surface area contributed by atoms with Gasteiger partial charge in [-0.3, -0.25) is 9.79 Å². The van der Waals surface area contributed by atoms with E-state index in [2.05, 4.69) is 36.4 Å². The van der Waals surface area contributed by atoms with Gasteiger partial charge in [-0.15, -0.1) is 24.0 Å². The zero-order chi connectivity index (χ0) is 16.3. The number of guanidine groups is 1. The number of halogens is 1. The van der Waals surface area contributed by atoms with Crippen LogP contribution in [0.25, 0.3) is 0 Å². The third-order valence-corrected chi connectivity index (χ3v) is 3.55. The van der Waals surface area contributed by atoms with Gasteiger partial charge in [-0.1, -0.05) is 40.0 Å². The van der Waals surface area contributed by atoms with Crippen LogP contribution < -0.4 is 10.6 Å². The summed E-state index contributed by atoms with van der Waals surface area (Å²) >= 11 is 0. The molecule has 0 atom stereocenters. The molecule has 6 heteroatoms. The first-order valence-electron chi connectivity index (χ1n) is 7.97. The van der Waals surface area contributed by atoms with Crippen molar-refractivity contribution in [3.05, 3.63) is 0 Å². The Balaban J connectivity index is 0. The van der Waals surface area contributed by atoms with Crippen LogP contribution >= 0.6 is 24.0 Å². The van der Waals surface area contributed by atoms with Crippen LogP contribution in [0.2, 0.25) is 0 Å². The second-order valence-electron chi connectivity index (χ2n) is 6.51. The zero-order valence-electron chi connectivity index (χ0n) is 15.2. The number of carbonyl (C=O) groups is 1. The lowest BCUT2D eigenvalue weighted by atomic mass is 9.87. The molecule has 0 aliphatic heterocycles. The molecule has 0 unspecified atom stereocenters. The average molecular weight is 426 g/mol. The summed E-state index contributed by atoms with van der Waals surface area (Å²) in [5.41, 5.74) is 0.256. The van der Waals surface area contributed by atoms with Gasteiger partial charge in [0, 0.05) is 40.7 Å². The Labute approximate surface area is 153 Å². The standard InChI is InChI=1S/C16H34N4O.HI/c1-7-8-9-11-16(2,3)13-19-15(17-4)18-12-10-14(21)20(5)6;/h7-13H2,1-6H3,(H2,17,18,19);1H. The highest BCUT2D eigenvalue weighted by atomic mass is 127. The first-order chi connectivity index (χ1) is 9.82. The molecular weight excluding hydrogens is 391 g/mol. The lowest BCUT2D eigenvalue weighted by molar-refractivity contribution is -0.128. The molecule has 0 rings (SSSR count). The minimum Gasteiger partial charge on any atom is -0.356 e. The highest BCUT2D eigenvalue weighted by molar-refractivity contribution is 14.0. The maximum Gasteiger partial charge on any atom is 0.223 e. The number of hydrogen-bond acceptors (Lipinski definition) is 2. The minimum atomic E-state index is 0. The van der Waals surface area contributed by atoms with E-state index in [0.29, 0.717) is 13.0 Å². The van der Waals surface area contributed by atoms with Gasteiger partial charge in [-0.05, 0) is 11.8 Å². The van der Waals surface area contributed by atoms with Crippen molar-refractivity contribution in [1.29, 1.82) is 0 Å². The third kappa shape index (κ3) is 12.1. The van der Waals surface area contributed by atoms with Gasteiger partial charge >= 0.3 is 0 Å². The highest BCUT2D eigenvalue weighted by Gasteiger charge is 2.17. The van der Waals surface area contributed by atoms with E-state index in [4.69, 9.17) is 0 Å². The average Bonchev–Trinajstić information content (AvgIpc) is 2.42. The van der Waals surface area contributed by atoms with Gasteiger partial charge in [0.05, 0.1) is 0 Å². The summed E-state index contributed by atoms with van der Waals surface area (Å²) < 4.78 is 0. The molecule has 0 heterocycles. The predicted molar refractivity (Wildman–Crippen MR) is 106 cm³/mol. The summed E-state index contributed by atoms with van der Waals surface area (Å²) in [5.74, 6) is 0.892. The number of carbonyl (C=O) groups excluding carboxylic acids is 1. The Hall–Kier alpha value is -0.530. The van der Waals surface area contributed by atoms with E-state index in [0.717, 1.165) is 12.5 Å². The van der Waals surface area contributed by atoms with E-state index in [1.165, 1.54) is 25.7 Å². The Morgan fingerprint density at radius 1 is 1.18 bits per heavy atom. The van der Waals surface area contributed by atoms with E-state index < -0.39 is 0 Å². The summed E-state index contributed by atoms with van der Waals surface area (Å²) in [4.78, 5) is 17.3. The number of aliphatic imine (C=N–C) groups is 1. The van der Waals surface area contributed by atoms with Crippen LogP contribution in [0.15, 0.2) is 4.99 Å². The maximum absolute atomic E-state index is 11.5. The molecule has 132 valence electrons. The quantitative estimate of drug-likeness (QED) is 0.258. The molecule has 0 fully saturated rings. The Kier molecular flexibility index (Phi) is 14.0. The van der Waals surface area contributed by atoms with Crippen LogP contribution in [0, 0.1) is 5.41 Å². The van der Waals surface area contributed by atoms with Crippen molar-refractivity contribution in [1.82, 2.24) is 15.5 Å². The number of nitrogens with one attached hydrogen (secondary N) is 2. The molecule has 0 saturated carbocycles. The lowest BCUT2D eigenvalue weighted by Crippen LogP contribution is -2.43. The minimum absolute atomic E-state index is 0. The fourth-order valence-electron chi connectivity index (χ4n) is 2.00. The summed E-state index contributed by atoms with van der Waals surface area (Å²) in [6, 6.07) is 0. The monoisotopic (exact) mass is 426 g/mol. The van der Waals surface area contributed by atoms with Gasteiger partial charge < -0.3 is 15.5 Å². The van der Waals surface area contributed by atoms with E-state index in [-0.39, 0.29) is 35.3 Å². The molecule has 0 aromatic rings. The fraction of sp³-hybridized carbons (Fsp3) is 0.875. The van der Waals surface area contributed by atoms with Gasteiger partial charge in [0.25, 0.3) is 0 Å². The van der Waals surface area contributed by atoms with E-state index in [1.807, 2.05) is 0 Å². The SMILES string of the molecule is CCCCCC(C)(C)CNC(=NC)NCCC(=O)N(C)C.I. The van der Waals surface area contributed by atoms with Crippen molar-refractivity contribution in [2.75, 3.05) is 34.2 Å². The molecule has 0 aliphatic rings. The zero-order valence-corrected chi connectivity index (χ0v) is 17.5. The molecule has 2 N–H and O–H groups in total. The van der Waals surface area contributed by atoms with E-state index in [1.54, 1.807) is 26.0 Å². The molecule has 5 nitrogen and oxygen atoms in total. The predicted octanol–water partition coefficient (Wildman–Crippen LogP) is 2.85. The van der Waals surface area contributed by atoms with E-state index >= 15 is 0 Å². The number of rotatable bonds is 9. The van der Waals surface area contributed by atoms with Crippen molar-refractivity contribution in [3.8, 4) is 0 Å². The van der Waals surface area contributed by atoms with Crippen LogP contribution in [0.1, 0.15) is 52.9 Å². The van der Waals surface area contributed by atoms with Crippen LogP contribution in [-0.4, -0.2) is 51.0 Å². The molecule has 22 heavy (non-hydrogen) atoms. The lowest BCUT2D eigenvalue weighted by Gasteiger charge is -2.26. The van der Waals surface area contributed by atoms with Gasteiger partial charge in [0.2, 0.25) is 5.91 Å². The largest absolute Gasteiger partial charge is 0.356 e. The number of unbranched alkanes of at least 4 members (excludes halogenated alkanes) is 2. The fourth-order valence-corrected chi connectivity index (χ4v) is 2.00. The number of amides is 1. The summed E-state index contributed by atoms with van der Waals surface area (Å²) in [6.45, 7) is 8.27. The molecule has 0 bridgehead atoms. The van der Waals surface area contributed by atoms with Gasteiger partial charge in [-0.2, -0.15) is 0 Å². The highest BCUT2D eigenvalue weighted by Crippen LogP contribution is 2.22. The van der Waals surface area contributed by atoms with Crippen LogP contribution in [-0.2, 0) is 4.79 Å². The van der Waals surface area contributed by atoms with Crippen LogP contribution in [0.4, 0.5) is 0 Å². The smallest absolute Gasteiger partial charge is 0.223 e. The van der Waals surface area contributed by atoms with Gasteiger partial charge in [0.15, 0.2) is 5.96 Å². The Morgan fingerprint density at radius 3 is 2.32 bits per heavy atom. The molecular formula is C16H35IN4O. The van der Waals surface area contributed by atoms with Crippen molar-refractivity contribution < 1.29 is 4.79 Å². The number of hydrogen-bond donors (Lipinski definition) is 2. The van der Waals surface area contributed by atoms with Crippen molar-refractivity contribution in [3.63, 3.8) is 0 Å². The van der Waals surface area contributed by atoms with Crippen molar-refractivity contribution in [2.45, 2.75) is 52.9 Å². The van der Waals surface area contributed by atoms with Crippen LogP contribution in [0.5, 0.6) is 0 Å². The molecule has 0 aliphatic carbocycles. The molecule has 0 aromatic heterocycles. The third-order valence-electron chi connectivity index (χ3n) is 3.55. The first-order valence-corrected chi connectivity index (χ1v) is 7.97. The molecule has 1 amide bonds. The number of nitrogens with zero attached hydrogens (tertiary/aromatic N) is 2. The maximum atomic E-state index is 11.5. The second-order valence-corrected chi connectivity index (χ2v) is 6.51. The van der Waals surface area contributed by atoms with Gasteiger partial charge in [-0.25, -0.2) is 0 Å². The second kappa shape index (κ2) is 13.0. The topological polar surface area (TPSA) is 56.7 Å². The summed E-state index contributed by atoms with van der Waals surface area (Å²) in [7, 11) is 5.30. The molecule has 0 aromatic carbocycles. The van der Waals surface area contributed by atoms with Crippen LogP contribution in [0.3, 0.4) is 0 Å². The summed E-state index contributed by atoms with van der Waals surface area (Å²) in [5, 5.41) is 6.54. The molecule has 0 radical (unpaired) electrons. The van der Waals surface area contributed by atoms with Crippen molar-refractivity contribution >= 4 is 35.8 Å². The van der Waals surface area contributed by atoms with Gasteiger partial charge in [0.1, 0.15) is 0 Å².